The smallest absolute Gasteiger partial charge is 0.336 e. The van der Waals surface area contributed by atoms with E-state index in [2.05, 4.69) is 0 Å². The molecule has 1 aliphatic carbocycles. The lowest BCUT2D eigenvalue weighted by Gasteiger charge is -2.42. The molecule has 3 heterocycles. The highest BCUT2D eigenvalue weighted by Gasteiger charge is 2.50. The molecule has 3 aliphatic heterocycles. The molecule has 384 valence electrons. The molecule has 0 amide bonds. The molecule has 0 bridgehead atoms. The van der Waals surface area contributed by atoms with Crippen molar-refractivity contribution in [3.05, 3.63) is 83.1 Å². The van der Waals surface area contributed by atoms with Crippen LogP contribution in [0.3, 0.4) is 0 Å². The molecule has 0 aromatic rings. The number of carbonyl (C=O) groups is 2. The standard InChI is InChI=1S/C45H66O23/c1-20(11-7-13-22(3)41(60)67-44-39(58)36(55)32(51)27(65-44)18-62-25-15-24(16-46)29(48)34(53)30(25)49)9-5-6-10-21(2)12-8-14-23(4)42(61)68-45-40(59)37(56)33(52)28(66-45)19-63-43-38(57)35(54)31(50)26(17-47)64-43/h5-14,24-40,43-59H,15-19H2,1-4H3/t24-,25-,26-,27-,28-,29-,30+,31-,32-,33-,34+,35+,36+,37+,38-,39-,40-,43-,44+,45+/m1/s1. The first-order chi connectivity index (χ1) is 32.1. The fraction of sp³-hybridized carbons (Fsp3) is 0.644. The molecule has 0 radical (unpaired) electrons. The topological polar surface area (TPSA) is 382 Å². The average Bonchev–Trinajstić information content (AvgIpc) is 3.31. The van der Waals surface area contributed by atoms with E-state index in [1.807, 2.05) is 0 Å². The van der Waals surface area contributed by atoms with Crippen LogP contribution in [-0.4, -0.2) is 226 Å². The second kappa shape index (κ2) is 26.5. The molecular formula is C45H66O23. The van der Waals surface area contributed by atoms with E-state index in [1.54, 1.807) is 62.5 Å². The van der Waals surface area contributed by atoms with Crippen molar-refractivity contribution in [1.82, 2.24) is 0 Å². The molecule has 23 heteroatoms. The van der Waals surface area contributed by atoms with E-state index in [1.165, 1.54) is 26.0 Å². The Bertz CT molecular complexity index is 1730. The van der Waals surface area contributed by atoms with Crippen LogP contribution >= 0.6 is 0 Å². The second-order valence-electron chi connectivity index (χ2n) is 17.0. The molecule has 0 aromatic heterocycles. The Hall–Kier alpha value is -3.64. The van der Waals surface area contributed by atoms with Gasteiger partial charge in [-0.3, -0.25) is 0 Å². The van der Waals surface area contributed by atoms with Crippen LogP contribution in [-0.2, 0) is 42.7 Å². The van der Waals surface area contributed by atoms with Crippen LogP contribution in [0.2, 0.25) is 0 Å². The van der Waals surface area contributed by atoms with Crippen molar-refractivity contribution in [3.63, 3.8) is 0 Å². The Morgan fingerprint density at radius 1 is 0.456 bits per heavy atom. The molecule has 0 unspecified atom stereocenters. The van der Waals surface area contributed by atoms with Gasteiger partial charge in [-0.15, -0.1) is 0 Å². The highest BCUT2D eigenvalue weighted by Crippen LogP contribution is 2.30. The number of esters is 2. The molecule has 0 spiro atoms. The minimum atomic E-state index is -1.85. The lowest BCUT2D eigenvalue weighted by atomic mass is 9.81. The third-order valence-corrected chi connectivity index (χ3v) is 11.7. The van der Waals surface area contributed by atoms with Gasteiger partial charge in [0, 0.05) is 23.7 Å². The van der Waals surface area contributed by atoms with Crippen molar-refractivity contribution >= 4 is 11.9 Å². The van der Waals surface area contributed by atoms with E-state index in [-0.39, 0.29) is 17.6 Å². The van der Waals surface area contributed by atoms with Crippen LogP contribution in [0.5, 0.6) is 0 Å². The lowest BCUT2D eigenvalue weighted by Crippen LogP contribution is -2.61. The van der Waals surface area contributed by atoms with E-state index in [0.717, 1.165) is 11.1 Å². The number of hydrogen-bond acceptors (Lipinski definition) is 23. The molecule has 4 fully saturated rings. The molecule has 14 N–H and O–H groups in total. The summed E-state index contributed by atoms with van der Waals surface area (Å²) in [7, 11) is 0. The molecule has 1 saturated carbocycles. The number of rotatable bonds is 18. The normalized spacial score (nSPS) is 40.3. The number of aliphatic hydroxyl groups excluding tert-OH is 14. The summed E-state index contributed by atoms with van der Waals surface area (Å²) < 4.78 is 37.8. The first-order valence-electron chi connectivity index (χ1n) is 21.8. The fourth-order valence-electron chi connectivity index (χ4n) is 7.29. The Morgan fingerprint density at radius 2 is 0.853 bits per heavy atom. The minimum absolute atomic E-state index is 0.0380. The number of aliphatic hydroxyl groups is 14. The maximum Gasteiger partial charge on any atom is 0.336 e. The molecule has 20 atom stereocenters. The van der Waals surface area contributed by atoms with Gasteiger partial charge in [-0.25, -0.2) is 9.59 Å². The largest absolute Gasteiger partial charge is 0.429 e. The summed E-state index contributed by atoms with van der Waals surface area (Å²) in [6, 6.07) is 0. The molecule has 4 aliphatic rings. The van der Waals surface area contributed by atoms with Crippen LogP contribution in [0.1, 0.15) is 34.1 Å². The quantitative estimate of drug-likeness (QED) is 0.0349. The van der Waals surface area contributed by atoms with Gasteiger partial charge in [0.25, 0.3) is 0 Å². The fourth-order valence-corrected chi connectivity index (χ4v) is 7.29. The number of carbonyl (C=O) groups excluding carboxylic acids is 2. The van der Waals surface area contributed by atoms with Crippen molar-refractivity contribution in [2.75, 3.05) is 26.4 Å². The van der Waals surface area contributed by atoms with Crippen molar-refractivity contribution in [3.8, 4) is 0 Å². The number of hydrogen-bond donors (Lipinski definition) is 14. The van der Waals surface area contributed by atoms with E-state index in [4.69, 9.17) is 33.2 Å². The Balaban J connectivity index is 1.23. The SMILES string of the molecule is CC(C=CC=C(C)C(=O)O[C@@H]1O[C@H](CO[C@@H]2O[C@H](CO)[C@@H](O)[C@H](O)[C@H]2O)[C@@H](O)[C@H](O)[C@H]1O)=CC=CC=C(C)C=CC=C(C)C(=O)O[C@@H]1O[C@H](CO[C@@H]2C[C@H](CO)[C@@H](O)[C@H](O)[C@H]2O)[C@@H](O)[C@H](O)[C@H]1O. The van der Waals surface area contributed by atoms with E-state index < -0.39 is 161 Å². The number of ether oxygens (including phenoxy) is 7. The summed E-state index contributed by atoms with van der Waals surface area (Å²) in [5.41, 5.74) is 1.72. The van der Waals surface area contributed by atoms with Gasteiger partial charge in [0.2, 0.25) is 12.6 Å². The molecule has 3 saturated heterocycles. The third kappa shape index (κ3) is 14.9. The van der Waals surface area contributed by atoms with Gasteiger partial charge in [0.1, 0.15) is 85.5 Å². The molecule has 68 heavy (non-hydrogen) atoms. The maximum atomic E-state index is 12.8. The summed E-state index contributed by atoms with van der Waals surface area (Å²) in [6.45, 7) is 4.18. The minimum Gasteiger partial charge on any atom is -0.429 e. The highest BCUT2D eigenvalue weighted by atomic mass is 16.7. The summed E-state index contributed by atoms with van der Waals surface area (Å²) in [5.74, 6) is -2.63. The Morgan fingerprint density at radius 3 is 1.29 bits per heavy atom. The molecule has 0 aromatic carbocycles. The van der Waals surface area contributed by atoms with Gasteiger partial charge in [-0.05, 0) is 34.1 Å². The van der Waals surface area contributed by atoms with Gasteiger partial charge in [-0.1, -0.05) is 71.9 Å². The molecule has 4 rings (SSSR count). The Kier molecular flexibility index (Phi) is 22.2. The summed E-state index contributed by atoms with van der Waals surface area (Å²) in [4.78, 5) is 25.6. The van der Waals surface area contributed by atoms with Gasteiger partial charge >= 0.3 is 11.9 Å². The van der Waals surface area contributed by atoms with Gasteiger partial charge in [0.05, 0.1) is 32.0 Å². The van der Waals surface area contributed by atoms with Crippen molar-refractivity contribution in [2.45, 2.75) is 151 Å². The predicted octanol–water partition coefficient (Wildman–Crippen LogP) is -4.56. The van der Waals surface area contributed by atoms with Gasteiger partial charge in [0.15, 0.2) is 6.29 Å². The van der Waals surface area contributed by atoms with Crippen molar-refractivity contribution in [1.29, 1.82) is 0 Å². The first-order valence-corrected chi connectivity index (χ1v) is 21.8. The summed E-state index contributed by atoms with van der Waals surface area (Å²) in [6.07, 6.45) is -14.2. The first kappa shape index (κ1) is 56.9. The summed E-state index contributed by atoms with van der Waals surface area (Å²) >= 11 is 0. The van der Waals surface area contributed by atoms with E-state index in [0.29, 0.717) is 0 Å². The average molecular weight is 975 g/mol. The maximum absolute atomic E-state index is 12.8. The monoisotopic (exact) mass is 974 g/mol. The van der Waals surface area contributed by atoms with Crippen LogP contribution in [0.25, 0.3) is 0 Å². The third-order valence-electron chi connectivity index (χ3n) is 11.7. The van der Waals surface area contributed by atoms with Gasteiger partial charge < -0.3 is 105 Å². The molecular weight excluding hydrogens is 908 g/mol. The van der Waals surface area contributed by atoms with Crippen LogP contribution in [0.15, 0.2) is 83.1 Å². The zero-order chi connectivity index (χ0) is 50.6. The molecule has 23 nitrogen and oxygen atoms in total. The lowest BCUT2D eigenvalue weighted by molar-refractivity contribution is -0.326. The van der Waals surface area contributed by atoms with Crippen molar-refractivity contribution < 1.29 is 114 Å². The zero-order valence-electron chi connectivity index (χ0n) is 37.8. The van der Waals surface area contributed by atoms with E-state index in [9.17, 15) is 81.1 Å². The van der Waals surface area contributed by atoms with Crippen LogP contribution in [0.4, 0.5) is 0 Å². The summed E-state index contributed by atoms with van der Waals surface area (Å²) in [5, 5.41) is 142. The Labute approximate surface area is 391 Å². The van der Waals surface area contributed by atoms with E-state index >= 15 is 0 Å². The highest BCUT2D eigenvalue weighted by molar-refractivity contribution is 5.88. The van der Waals surface area contributed by atoms with Gasteiger partial charge in [-0.2, -0.15) is 0 Å². The number of allylic oxidation sites excluding steroid dienone is 12. The van der Waals surface area contributed by atoms with Crippen LogP contribution < -0.4 is 0 Å². The zero-order valence-corrected chi connectivity index (χ0v) is 37.8. The van der Waals surface area contributed by atoms with Crippen LogP contribution in [0, 0.1) is 5.92 Å². The second-order valence-corrected chi connectivity index (χ2v) is 17.0. The van der Waals surface area contributed by atoms with Crippen molar-refractivity contribution in [2.24, 2.45) is 5.92 Å². The predicted molar refractivity (Wildman–Crippen MR) is 231 cm³/mol.